The number of methoxy groups -OCH3 is 1. The third-order valence-corrected chi connectivity index (χ3v) is 3.61. The summed E-state index contributed by atoms with van der Waals surface area (Å²) in [4.78, 5) is 15.6. The molecule has 124 valence electrons. The number of aromatic nitrogens is 3. The first-order chi connectivity index (χ1) is 11.5. The van der Waals surface area contributed by atoms with Gasteiger partial charge in [-0.3, -0.25) is 0 Å². The van der Waals surface area contributed by atoms with Gasteiger partial charge in [0.1, 0.15) is 17.6 Å². The predicted molar refractivity (Wildman–Crippen MR) is 86.9 cm³/mol. The first-order valence-corrected chi connectivity index (χ1v) is 7.15. The number of benzene rings is 1. The van der Waals surface area contributed by atoms with Crippen molar-refractivity contribution in [1.29, 1.82) is 0 Å². The van der Waals surface area contributed by atoms with Gasteiger partial charge in [0.15, 0.2) is 11.6 Å². The summed E-state index contributed by atoms with van der Waals surface area (Å²) in [5.74, 6) is 1.04. The van der Waals surface area contributed by atoms with Crippen LogP contribution in [0.15, 0.2) is 30.7 Å². The first-order valence-electron chi connectivity index (χ1n) is 7.15. The van der Waals surface area contributed by atoms with Gasteiger partial charge in [0.05, 0.1) is 13.3 Å². The number of aromatic hydroxyl groups is 1. The van der Waals surface area contributed by atoms with E-state index >= 15 is 0 Å². The van der Waals surface area contributed by atoms with Crippen molar-refractivity contribution in [2.24, 2.45) is 0 Å². The van der Waals surface area contributed by atoms with E-state index in [1.807, 2.05) is 13.0 Å². The quantitative estimate of drug-likeness (QED) is 0.713. The Morgan fingerprint density at radius 1 is 1.33 bits per heavy atom. The van der Waals surface area contributed by atoms with Crippen molar-refractivity contribution in [3.8, 4) is 11.5 Å². The van der Waals surface area contributed by atoms with Crippen LogP contribution in [0.4, 0.5) is 16.3 Å². The summed E-state index contributed by atoms with van der Waals surface area (Å²) in [5, 5.41) is 17.1. The number of nitrogens with zero attached hydrogens (tertiary/aromatic N) is 3. The van der Waals surface area contributed by atoms with Crippen LogP contribution in [0.3, 0.4) is 0 Å². The van der Waals surface area contributed by atoms with Crippen LogP contribution >= 0.6 is 0 Å². The fourth-order valence-electron chi connectivity index (χ4n) is 2.29. The standard InChI is InChI=1S/C16H16N4O4/c1-9-4-5-11(6-12(9)21)19-15-14-10(2)13(24-16(22)23-3)7-20(14)18-8-17-15/h4-8,21H,1-3H3,(H,17,18,19). The van der Waals surface area contributed by atoms with Crippen molar-refractivity contribution >= 4 is 23.2 Å². The summed E-state index contributed by atoms with van der Waals surface area (Å²) >= 11 is 0. The predicted octanol–water partition coefficient (Wildman–Crippen LogP) is 2.94. The van der Waals surface area contributed by atoms with Gasteiger partial charge in [-0.25, -0.2) is 14.3 Å². The average Bonchev–Trinajstić information content (AvgIpc) is 2.88. The van der Waals surface area contributed by atoms with Crippen LogP contribution in [0.2, 0.25) is 0 Å². The zero-order chi connectivity index (χ0) is 17.3. The van der Waals surface area contributed by atoms with Crippen molar-refractivity contribution in [3.05, 3.63) is 41.9 Å². The molecular weight excluding hydrogens is 312 g/mol. The number of hydrogen-bond acceptors (Lipinski definition) is 7. The molecule has 0 saturated heterocycles. The van der Waals surface area contributed by atoms with E-state index in [4.69, 9.17) is 4.74 Å². The molecule has 0 saturated carbocycles. The Labute approximate surface area is 137 Å². The van der Waals surface area contributed by atoms with Crippen molar-refractivity contribution in [2.45, 2.75) is 13.8 Å². The lowest BCUT2D eigenvalue weighted by Gasteiger charge is -2.09. The molecule has 0 amide bonds. The number of aryl methyl sites for hydroxylation is 2. The number of carbonyl (C=O) groups is 1. The Morgan fingerprint density at radius 2 is 2.12 bits per heavy atom. The zero-order valence-corrected chi connectivity index (χ0v) is 13.4. The van der Waals surface area contributed by atoms with E-state index in [-0.39, 0.29) is 5.75 Å². The van der Waals surface area contributed by atoms with Crippen LogP contribution in [-0.2, 0) is 4.74 Å². The maximum atomic E-state index is 11.3. The molecule has 0 aliphatic heterocycles. The molecule has 0 bridgehead atoms. The van der Waals surface area contributed by atoms with E-state index in [1.165, 1.54) is 13.4 Å². The van der Waals surface area contributed by atoms with E-state index in [0.29, 0.717) is 28.3 Å². The number of hydrogen-bond donors (Lipinski definition) is 2. The van der Waals surface area contributed by atoms with Gasteiger partial charge in [-0.15, -0.1) is 0 Å². The molecule has 2 N–H and O–H groups in total. The molecule has 0 spiro atoms. The third kappa shape index (κ3) is 2.81. The highest BCUT2D eigenvalue weighted by Gasteiger charge is 2.16. The lowest BCUT2D eigenvalue weighted by atomic mass is 10.2. The number of nitrogens with one attached hydrogen (secondary N) is 1. The summed E-state index contributed by atoms with van der Waals surface area (Å²) in [7, 11) is 1.24. The molecular formula is C16H16N4O4. The Kier molecular flexibility index (Phi) is 3.95. The van der Waals surface area contributed by atoms with Crippen molar-refractivity contribution in [1.82, 2.24) is 14.6 Å². The van der Waals surface area contributed by atoms with Gasteiger partial charge in [-0.1, -0.05) is 6.07 Å². The number of anilines is 2. The molecule has 0 aliphatic rings. The highest BCUT2D eigenvalue weighted by atomic mass is 16.7. The molecule has 3 aromatic rings. The summed E-state index contributed by atoms with van der Waals surface area (Å²) in [6.45, 7) is 3.60. The molecule has 2 heterocycles. The lowest BCUT2D eigenvalue weighted by Crippen LogP contribution is -2.07. The summed E-state index contributed by atoms with van der Waals surface area (Å²) in [6, 6.07) is 5.24. The Morgan fingerprint density at radius 3 is 2.83 bits per heavy atom. The molecule has 24 heavy (non-hydrogen) atoms. The minimum atomic E-state index is -0.806. The summed E-state index contributed by atoms with van der Waals surface area (Å²) in [6.07, 6.45) is 2.14. The molecule has 0 atom stereocenters. The van der Waals surface area contributed by atoms with E-state index in [0.717, 1.165) is 5.56 Å². The minimum absolute atomic E-state index is 0.187. The van der Waals surface area contributed by atoms with Gasteiger partial charge < -0.3 is 19.9 Å². The molecule has 2 aromatic heterocycles. The number of carbonyl (C=O) groups excluding carboxylic acids is 1. The van der Waals surface area contributed by atoms with Gasteiger partial charge in [-0.2, -0.15) is 5.10 Å². The number of phenols is 1. The van der Waals surface area contributed by atoms with Crippen molar-refractivity contribution in [3.63, 3.8) is 0 Å². The fourth-order valence-corrected chi connectivity index (χ4v) is 2.29. The minimum Gasteiger partial charge on any atom is -0.508 e. The second kappa shape index (κ2) is 6.07. The Bertz CT molecular complexity index is 920. The molecule has 3 rings (SSSR count). The Hall–Kier alpha value is -3.29. The van der Waals surface area contributed by atoms with Gasteiger partial charge in [-0.05, 0) is 25.5 Å². The molecule has 0 radical (unpaired) electrons. The van der Waals surface area contributed by atoms with E-state index in [9.17, 15) is 9.90 Å². The maximum Gasteiger partial charge on any atom is 0.513 e. The van der Waals surface area contributed by atoms with Gasteiger partial charge in [0.2, 0.25) is 0 Å². The van der Waals surface area contributed by atoms with E-state index in [2.05, 4.69) is 20.1 Å². The number of fused-ring (bicyclic) bond motifs is 1. The number of ether oxygens (including phenoxy) is 2. The van der Waals surface area contributed by atoms with Crippen LogP contribution in [0.1, 0.15) is 11.1 Å². The summed E-state index contributed by atoms with van der Waals surface area (Å²) < 4.78 is 11.2. The second-order valence-corrected chi connectivity index (χ2v) is 5.20. The van der Waals surface area contributed by atoms with E-state index < -0.39 is 6.16 Å². The third-order valence-electron chi connectivity index (χ3n) is 3.61. The smallest absolute Gasteiger partial charge is 0.508 e. The van der Waals surface area contributed by atoms with Gasteiger partial charge in [0, 0.05) is 17.3 Å². The number of phenolic OH excluding ortho intramolecular Hbond substituents is 1. The lowest BCUT2D eigenvalue weighted by molar-refractivity contribution is 0.121. The van der Waals surface area contributed by atoms with Crippen LogP contribution < -0.4 is 10.1 Å². The zero-order valence-electron chi connectivity index (χ0n) is 13.4. The molecule has 0 fully saturated rings. The van der Waals surface area contributed by atoms with Gasteiger partial charge >= 0.3 is 6.16 Å². The molecule has 1 aromatic carbocycles. The molecule has 0 aliphatic carbocycles. The maximum absolute atomic E-state index is 11.3. The molecule has 0 unspecified atom stereocenters. The van der Waals surface area contributed by atoms with Crippen LogP contribution in [0, 0.1) is 13.8 Å². The number of rotatable bonds is 3. The second-order valence-electron chi connectivity index (χ2n) is 5.20. The van der Waals surface area contributed by atoms with Crippen molar-refractivity contribution < 1.29 is 19.4 Å². The van der Waals surface area contributed by atoms with Crippen LogP contribution in [0.25, 0.3) is 5.52 Å². The van der Waals surface area contributed by atoms with E-state index in [1.54, 1.807) is 29.8 Å². The van der Waals surface area contributed by atoms with Crippen LogP contribution in [0.5, 0.6) is 11.5 Å². The molecule has 8 heteroatoms. The summed E-state index contributed by atoms with van der Waals surface area (Å²) in [5.41, 5.74) is 2.78. The monoisotopic (exact) mass is 328 g/mol. The normalized spacial score (nSPS) is 10.6. The fraction of sp³-hybridized carbons (Fsp3) is 0.188. The molecule has 8 nitrogen and oxygen atoms in total. The first kappa shape index (κ1) is 15.6. The van der Waals surface area contributed by atoms with Crippen molar-refractivity contribution in [2.75, 3.05) is 12.4 Å². The highest BCUT2D eigenvalue weighted by Crippen LogP contribution is 2.31. The topological polar surface area (TPSA) is 98.0 Å². The van der Waals surface area contributed by atoms with Gasteiger partial charge in [0.25, 0.3) is 0 Å². The Balaban J connectivity index is 2.01. The average molecular weight is 328 g/mol. The SMILES string of the molecule is COC(=O)Oc1cn2ncnc(Nc3ccc(C)c(O)c3)c2c1C. The highest BCUT2D eigenvalue weighted by molar-refractivity contribution is 5.80. The van der Waals surface area contributed by atoms with Crippen LogP contribution in [-0.4, -0.2) is 33.0 Å². The largest absolute Gasteiger partial charge is 0.513 e.